The molecule has 0 N–H and O–H groups in total. The number of hydrogen-bond donors (Lipinski definition) is 0. The number of halogens is 1. The summed E-state index contributed by atoms with van der Waals surface area (Å²) in [5, 5.41) is 0.459. The molecule has 6 heteroatoms. The van der Waals surface area contributed by atoms with Gasteiger partial charge in [0.15, 0.2) is 11.5 Å². The van der Waals surface area contributed by atoms with Crippen LogP contribution in [0.25, 0.3) is 0 Å². The van der Waals surface area contributed by atoms with Gasteiger partial charge in [-0.3, -0.25) is 4.79 Å². The van der Waals surface area contributed by atoms with Crippen LogP contribution in [0.4, 0.5) is 5.69 Å². The lowest BCUT2D eigenvalue weighted by atomic mass is 9.86. The Kier molecular flexibility index (Phi) is 7.32. The van der Waals surface area contributed by atoms with Crippen molar-refractivity contribution in [3.05, 3.63) is 81.9 Å². The van der Waals surface area contributed by atoms with Crippen LogP contribution in [0.5, 0.6) is 17.2 Å². The second-order valence-corrected chi connectivity index (χ2v) is 8.53. The monoisotopic (exact) mass is 479 g/mol. The second-order valence-electron chi connectivity index (χ2n) is 8.12. The lowest BCUT2D eigenvalue weighted by Gasteiger charge is -2.38. The van der Waals surface area contributed by atoms with E-state index in [1.165, 1.54) is 5.56 Å². The average Bonchev–Trinajstić information content (AvgIpc) is 2.84. The number of carbonyl (C=O) groups excluding carboxylic acids is 1. The molecule has 178 valence electrons. The fourth-order valence-electron chi connectivity index (χ4n) is 4.46. The van der Waals surface area contributed by atoms with Crippen molar-refractivity contribution in [2.75, 3.05) is 25.2 Å². The van der Waals surface area contributed by atoms with Crippen molar-refractivity contribution in [2.45, 2.75) is 39.7 Å². The zero-order valence-corrected chi connectivity index (χ0v) is 20.8. The minimum Gasteiger partial charge on any atom is -0.495 e. The van der Waals surface area contributed by atoms with Gasteiger partial charge in [0.2, 0.25) is 5.91 Å². The van der Waals surface area contributed by atoms with Crippen LogP contribution in [-0.2, 0) is 17.6 Å². The average molecular weight is 480 g/mol. The van der Waals surface area contributed by atoms with E-state index in [1.807, 2.05) is 36.9 Å². The van der Waals surface area contributed by atoms with E-state index in [1.54, 1.807) is 19.2 Å². The third kappa shape index (κ3) is 4.58. The molecular weight excluding hydrogens is 450 g/mol. The summed E-state index contributed by atoms with van der Waals surface area (Å²) in [6.07, 6.45) is 1.21. The van der Waals surface area contributed by atoms with E-state index >= 15 is 0 Å². The number of rotatable bonds is 8. The van der Waals surface area contributed by atoms with E-state index in [0.717, 1.165) is 28.8 Å². The van der Waals surface area contributed by atoms with Crippen molar-refractivity contribution < 1.29 is 19.0 Å². The van der Waals surface area contributed by atoms with Crippen molar-refractivity contribution in [1.82, 2.24) is 0 Å². The zero-order chi connectivity index (χ0) is 24.2. The Balaban J connectivity index is 1.91. The first-order valence-electron chi connectivity index (χ1n) is 11.7. The molecule has 1 aliphatic heterocycles. The largest absolute Gasteiger partial charge is 0.495 e. The first kappa shape index (κ1) is 24.0. The Hall–Kier alpha value is -3.18. The van der Waals surface area contributed by atoms with Gasteiger partial charge in [-0.2, -0.15) is 0 Å². The molecule has 0 aliphatic carbocycles. The van der Waals surface area contributed by atoms with Gasteiger partial charge in [0.25, 0.3) is 0 Å². The molecule has 1 aliphatic rings. The molecule has 1 amide bonds. The number of hydrogen-bond acceptors (Lipinski definition) is 4. The second kappa shape index (κ2) is 10.4. The number of anilines is 1. The van der Waals surface area contributed by atoms with Gasteiger partial charge in [0.05, 0.1) is 37.8 Å². The molecule has 0 aromatic heterocycles. The summed E-state index contributed by atoms with van der Waals surface area (Å²) in [5.74, 6) is 1.90. The fraction of sp³-hybridized carbons (Fsp3) is 0.321. The molecule has 0 fully saturated rings. The molecule has 0 spiro atoms. The van der Waals surface area contributed by atoms with Gasteiger partial charge >= 0.3 is 0 Å². The van der Waals surface area contributed by atoms with E-state index < -0.39 is 0 Å². The molecule has 0 radical (unpaired) electrons. The van der Waals surface area contributed by atoms with Crippen LogP contribution in [0.15, 0.2) is 54.6 Å². The number of ether oxygens (including phenoxy) is 3. The first-order valence-corrected chi connectivity index (χ1v) is 12.0. The van der Waals surface area contributed by atoms with E-state index in [4.69, 9.17) is 25.8 Å². The Morgan fingerprint density at radius 2 is 1.59 bits per heavy atom. The Morgan fingerprint density at radius 3 is 2.18 bits per heavy atom. The summed E-state index contributed by atoms with van der Waals surface area (Å²) in [6.45, 7) is 7.05. The molecular formula is C28H30ClNO4. The molecule has 3 aromatic rings. The van der Waals surface area contributed by atoms with E-state index in [-0.39, 0.29) is 18.4 Å². The van der Waals surface area contributed by atoms with Gasteiger partial charge < -0.3 is 19.1 Å². The summed E-state index contributed by atoms with van der Waals surface area (Å²) >= 11 is 6.45. The van der Waals surface area contributed by atoms with Gasteiger partial charge in [-0.05, 0) is 72.9 Å². The van der Waals surface area contributed by atoms with Crippen LogP contribution in [-0.4, -0.2) is 26.2 Å². The summed E-state index contributed by atoms with van der Waals surface area (Å²) in [4.78, 5) is 15.4. The van der Waals surface area contributed by atoms with Crippen LogP contribution >= 0.6 is 11.6 Å². The molecule has 4 rings (SSSR count). The summed E-state index contributed by atoms with van der Waals surface area (Å²) < 4.78 is 17.1. The predicted octanol–water partition coefficient (Wildman–Crippen LogP) is 6.39. The molecule has 0 saturated carbocycles. The number of fused-ring (bicyclic) bond motifs is 1. The molecule has 1 atom stereocenters. The molecule has 0 bridgehead atoms. The molecule has 1 heterocycles. The number of aryl methyl sites for hydroxylation is 1. The van der Waals surface area contributed by atoms with Crippen LogP contribution in [0.3, 0.4) is 0 Å². The van der Waals surface area contributed by atoms with Gasteiger partial charge in [0.1, 0.15) is 5.75 Å². The molecule has 5 nitrogen and oxygen atoms in total. The maximum atomic E-state index is 13.6. The maximum Gasteiger partial charge on any atom is 0.232 e. The molecule has 34 heavy (non-hydrogen) atoms. The van der Waals surface area contributed by atoms with Crippen molar-refractivity contribution in [3.63, 3.8) is 0 Å². The standard InChI is InChI=1S/C28H30ClNO4/c1-5-18-8-10-19(11-9-18)28-22-17-26(34-7-3)25(33-6-2)14-20(22)15-27(31)30(28)21-12-13-24(32-4)23(29)16-21/h8-14,16-17,28H,5-7,15H2,1-4H3. The maximum absolute atomic E-state index is 13.6. The number of amides is 1. The SMILES string of the molecule is CCOc1cc2c(cc1OCC)C(c1ccc(CC)cc1)N(c1ccc(OC)c(Cl)c1)C(=O)C2. The lowest BCUT2D eigenvalue weighted by molar-refractivity contribution is -0.118. The van der Waals surface area contributed by atoms with Crippen LogP contribution in [0.2, 0.25) is 5.02 Å². The van der Waals surface area contributed by atoms with Crippen LogP contribution < -0.4 is 19.1 Å². The van der Waals surface area contributed by atoms with E-state index in [2.05, 4.69) is 31.2 Å². The minimum atomic E-state index is -0.332. The smallest absolute Gasteiger partial charge is 0.232 e. The van der Waals surface area contributed by atoms with Gasteiger partial charge in [-0.25, -0.2) is 0 Å². The van der Waals surface area contributed by atoms with Gasteiger partial charge in [-0.1, -0.05) is 42.8 Å². The van der Waals surface area contributed by atoms with Crippen molar-refractivity contribution in [3.8, 4) is 17.2 Å². The predicted molar refractivity (Wildman–Crippen MR) is 136 cm³/mol. The highest BCUT2D eigenvalue weighted by molar-refractivity contribution is 6.32. The van der Waals surface area contributed by atoms with Crippen molar-refractivity contribution in [1.29, 1.82) is 0 Å². The minimum absolute atomic E-state index is 0.00934. The van der Waals surface area contributed by atoms with Crippen LogP contribution in [0.1, 0.15) is 49.1 Å². The number of methoxy groups -OCH3 is 1. The third-order valence-corrected chi connectivity index (χ3v) is 6.38. The third-order valence-electron chi connectivity index (χ3n) is 6.09. The van der Waals surface area contributed by atoms with Crippen molar-refractivity contribution in [2.24, 2.45) is 0 Å². The fourth-order valence-corrected chi connectivity index (χ4v) is 4.71. The highest BCUT2D eigenvalue weighted by Gasteiger charge is 2.36. The summed E-state index contributed by atoms with van der Waals surface area (Å²) in [6, 6.07) is 17.5. The highest BCUT2D eigenvalue weighted by Crippen LogP contribution is 2.44. The Bertz CT molecular complexity index is 1180. The highest BCUT2D eigenvalue weighted by atomic mass is 35.5. The Labute approximate surface area is 206 Å². The zero-order valence-electron chi connectivity index (χ0n) is 20.1. The normalized spacial score (nSPS) is 15.1. The van der Waals surface area contributed by atoms with Crippen molar-refractivity contribution >= 4 is 23.2 Å². The summed E-state index contributed by atoms with van der Waals surface area (Å²) in [5.41, 5.74) is 4.94. The Morgan fingerprint density at radius 1 is 0.912 bits per heavy atom. The van der Waals surface area contributed by atoms with Gasteiger partial charge in [-0.15, -0.1) is 0 Å². The van der Waals surface area contributed by atoms with Crippen LogP contribution in [0, 0.1) is 0 Å². The topological polar surface area (TPSA) is 48.0 Å². The summed E-state index contributed by atoms with van der Waals surface area (Å²) in [7, 11) is 1.58. The van der Waals surface area contributed by atoms with E-state index in [9.17, 15) is 4.79 Å². The number of nitrogens with zero attached hydrogens (tertiary/aromatic N) is 1. The van der Waals surface area contributed by atoms with Gasteiger partial charge in [0, 0.05) is 5.69 Å². The first-order chi connectivity index (χ1) is 16.5. The molecule has 1 unspecified atom stereocenters. The van der Waals surface area contributed by atoms with E-state index in [0.29, 0.717) is 35.5 Å². The molecule has 3 aromatic carbocycles. The quantitative estimate of drug-likeness (QED) is 0.375. The number of benzene rings is 3. The lowest BCUT2D eigenvalue weighted by Crippen LogP contribution is -2.41. The number of carbonyl (C=O) groups is 1. The molecule has 0 saturated heterocycles.